The molecular weight excluding hydrogens is 300 g/mol. The molecule has 1 saturated heterocycles. The number of fused-ring (bicyclic) bond motifs is 3. The Morgan fingerprint density at radius 3 is 2.58 bits per heavy atom. The fourth-order valence-corrected chi connectivity index (χ4v) is 4.13. The lowest BCUT2D eigenvalue weighted by atomic mass is 10.1. The van der Waals surface area contributed by atoms with Crippen molar-refractivity contribution in [2.24, 2.45) is 0 Å². The smallest absolute Gasteiger partial charge is 0.165 e. The van der Waals surface area contributed by atoms with Crippen LogP contribution in [-0.2, 0) is 6.54 Å². The first kappa shape index (κ1) is 15.4. The number of quaternary nitrogens is 1. The predicted octanol–water partition coefficient (Wildman–Crippen LogP) is 1.87. The zero-order valence-corrected chi connectivity index (χ0v) is 14.5. The van der Waals surface area contributed by atoms with Crippen LogP contribution in [0.4, 0.5) is 0 Å². The van der Waals surface area contributed by atoms with Gasteiger partial charge < -0.3 is 9.47 Å². The summed E-state index contributed by atoms with van der Waals surface area (Å²) in [7, 11) is 0. The first-order valence-corrected chi connectivity index (χ1v) is 8.98. The summed E-state index contributed by atoms with van der Waals surface area (Å²) >= 11 is 0. The van der Waals surface area contributed by atoms with Crippen LogP contribution in [0.5, 0.6) is 0 Å². The summed E-state index contributed by atoms with van der Waals surface area (Å²) in [5.41, 5.74) is 4.79. The number of imidazole rings is 1. The van der Waals surface area contributed by atoms with E-state index in [9.17, 15) is 4.79 Å². The molecule has 1 N–H and O–H groups in total. The van der Waals surface area contributed by atoms with Gasteiger partial charge in [0.15, 0.2) is 5.78 Å². The summed E-state index contributed by atoms with van der Waals surface area (Å²) in [5.74, 6) is 0.0943. The highest BCUT2D eigenvalue weighted by Gasteiger charge is 2.22. The third-order valence-electron chi connectivity index (χ3n) is 5.29. The number of hydrogen-bond donors (Lipinski definition) is 1. The second-order valence-electron chi connectivity index (χ2n) is 6.95. The molecule has 1 aromatic carbocycles. The summed E-state index contributed by atoms with van der Waals surface area (Å²) in [6, 6.07) is 8.32. The maximum absolute atomic E-state index is 12.2. The number of ketones is 1. The number of carbonyl (C=O) groups excluding carboxylic acids is 1. The summed E-state index contributed by atoms with van der Waals surface area (Å²) in [6.07, 6.45) is 4.04. The van der Waals surface area contributed by atoms with Crippen LogP contribution >= 0.6 is 0 Å². The molecule has 3 heterocycles. The highest BCUT2D eigenvalue weighted by atomic mass is 16.1. The number of aromatic nitrogens is 3. The Balaban J connectivity index is 1.82. The average molecular weight is 325 g/mol. The molecule has 0 aliphatic carbocycles. The van der Waals surface area contributed by atoms with Crippen molar-refractivity contribution in [3.63, 3.8) is 0 Å². The normalized spacial score (nSPS) is 16.2. The van der Waals surface area contributed by atoms with E-state index in [1.165, 1.54) is 37.9 Å². The summed E-state index contributed by atoms with van der Waals surface area (Å²) in [6.45, 7) is 8.15. The number of Topliss-reactive ketones (excluding diaryl/α,β-unsaturated/α-hetero) is 1. The Kier molecular flexibility index (Phi) is 3.88. The minimum Gasteiger partial charge on any atom is -0.333 e. The van der Waals surface area contributed by atoms with Crippen molar-refractivity contribution in [2.45, 2.75) is 39.7 Å². The third-order valence-corrected chi connectivity index (χ3v) is 5.29. The predicted molar refractivity (Wildman–Crippen MR) is 94.8 cm³/mol. The molecular formula is C19H25N4O+. The van der Waals surface area contributed by atoms with Crippen LogP contribution in [0.2, 0.25) is 0 Å². The first-order chi connectivity index (χ1) is 11.7. The van der Waals surface area contributed by atoms with Gasteiger partial charge in [0.25, 0.3) is 0 Å². The number of hydrogen-bond acceptors (Lipinski definition) is 2. The van der Waals surface area contributed by atoms with Gasteiger partial charge in [0.2, 0.25) is 0 Å². The van der Waals surface area contributed by atoms with Gasteiger partial charge in [-0.25, -0.2) is 4.52 Å². The van der Waals surface area contributed by atoms with Gasteiger partial charge in [-0.15, -0.1) is 0 Å². The van der Waals surface area contributed by atoms with Crippen LogP contribution in [0.1, 0.15) is 42.2 Å². The Morgan fingerprint density at radius 2 is 1.88 bits per heavy atom. The van der Waals surface area contributed by atoms with E-state index in [1.807, 2.05) is 17.5 Å². The Labute approximate surface area is 141 Å². The molecule has 0 atom stereocenters. The molecule has 3 aromatic rings. The minimum atomic E-state index is 0.0943. The summed E-state index contributed by atoms with van der Waals surface area (Å²) in [5, 5.41) is 4.65. The van der Waals surface area contributed by atoms with E-state index in [0.717, 1.165) is 35.5 Å². The summed E-state index contributed by atoms with van der Waals surface area (Å²) < 4.78 is 4.25. The molecule has 2 aromatic heterocycles. The van der Waals surface area contributed by atoms with Crippen molar-refractivity contribution in [3.8, 4) is 0 Å². The average Bonchev–Trinajstić information content (AvgIpc) is 3.07. The number of likely N-dealkylation sites (tertiary alicyclic amines) is 1. The van der Waals surface area contributed by atoms with Gasteiger partial charge in [0, 0.05) is 0 Å². The van der Waals surface area contributed by atoms with E-state index in [4.69, 9.17) is 0 Å². The van der Waals surface area contributed by atoms with Gasteiger partial charge in [0.05, 0.1) is 48.5 Å². The first-order valence-electron chi connectivity index (χ1n) is 8.98. The molecule has 1 aliphatic rings. The quantitative estimate of drug-likeness (QED) is 0.744. The Hall–Kier alpha value is -2.14. The largest absolute Gasteiger partial charge is 0.333 e. The van der Waals surface area contributed by atoms with Crippen molar-refractivity contribution in [1.82, 2.24) is 14.2 Å². The molecule has 0 spiro atoms. The zero-order valence-electron chi connectivity index (χ0n) is 14.5. The fraction of sp³-hybridized carbons (Fsp3) is 0.474. The SMILES string of the molecule is CC(=O)c1c(C)nn2c3ccccc3n(CC[NH+]3CCCCC3)c12. The molecule has 5 nitrogen and oxygen atoms in total. The van der Waals surface area contributed by atoms with Crippen molar-refractivity contribution < 1.29 is 9.69 Å². The highest BCUT2D eigenvalue weighted by Crippen LogP contribution is 2.25. The van der Waals surface area contributed by atoms with E-state index in [1.54, 1.807) is 11.8 Å². The highest BCUT2D eigenvalue weighted by molar-refractivity contribution is 6.03. The van der Waals surface area contributed by atoms with Crippen LogP contribution in [-0.4, -0.2) is 39.6 Å². The molecule has 0 bridgehead atoms. The number of nitrogens with zero attached hydrogens (tertiary/aromatic N) is 3. The van der Waals surface area contributed by atoms with Crippen LogP contribution in [0.15, 0.2) is 24.3 Å². The van der Waals surface area contributed by atoms with Crippen molar-refractivity contribution in [1.29, 1.82) is 0 Å². The number of aryl methyl sites for hydroxylation is 1. The second-order valence-corrected chi connectivity index (χ2v) is 6.95. The van der Waals surface area contributed by atoms with E-state index >= 15 is 0 Å². The standard InChI is InChI=1S/C19H24N4O/c1-14-18(15(2)24)19-22(13-12-21-10-6-3-7-11-21)16-8-4-5-9-17(16)23(19)20-14/h4-5,8-9H,3,6-7,10-13H2,1-2H3/p+1. The number of para-hydroxylation sites is 2. The van der Waals surface area contributed by atoms with Gasteiger partial charge in [-0.2, -0.15) is 5.10 Å². The lowest BCUT2D eigenvalue weighted by molar-refractivity contribution is -0.905. The summed E-state index contributed by atoms with van der Waals surface area (Å²) in [4.78, 5) is 13.9. The monoisotopic (exact) mass is 325 g/mol. The topological polar surface area (TPSA) is 43.7 Å². The number of benzene rings is 1. The Bertz CT molecular complexity index is 899. The van der Waals surface area contributed by atoms with Crippen molar-refractivity contribution >= 4 is 22.5 Å². The van der Waals surface area contributed by atoms with Crippen LogP contribution < -0.4 is 4.90 Å². The van der Waals surface area contributed by atoms with Crippen molar-refractivity contribution in [2.75, 3.05) is 19.6 Å². The van der Waals surface area contributed by atoms with E-state index in [2.05, 4.69) is 27.9 Å². The number of carbonyl (C=O) groups is 1. The van der Waals surface area contributed by atoms with Gasteiger partial charge in [-0.1, -0.05) is 12.1 Å². The molecule has 0 unspecified atom stereocenters. The maximum atomic E-state index is 12.2. The fourth-order valence-electron chi connectivity index (χ4n) is 4.13. The van der Waals surface area contributed by atoms with E-state index in [0.29, 0.717) is 0 Å². The molecule has 0 saturated carbocycles. The molecule has 1 aliphatic heterocycles. The van der Waals surface area contributed by atoms with Gasteiger partial charge in [-0.3, -0.25) is 4.79 Å². The van der Waals surface area contributed by atoms with Crippen LogP contribution in [0.3, 0.4) is 0 Å². The molecule has 126 valence electrons. The van der Waals surface area contributed by atoms with Gasteiger partial charge in [-0.05, 0) is 45.2 Å². The number of nitrogens with one attached hydrogen (secondary N) is 1. The van der Waals surface area contributed by atoms with Crippen LogP contribution in [0.25, 0.3) is 16.7 Å². The number of piperidine rings is 1. The van der Waals surface area contributed by atoms with Crippen LogP contribution in [0, 0.1) is 6.92 Å². The molecule has 0 radical (unpaired) electrons. The molecule has 0 amide bonds. The van der Waals surface area contributed by atoms with Gasteiger partial charge >= 0.3 is 0 Å². The van der Waals surface area contributed by atoms with Crippen molar-refractivity contribution in [3.05, 3.63) is 35.5 Å². The van der Waals surface area contributed by atoms with E-state index in [-0.39, 0.29) is 5.78 Å². The second kappa shape index (κ2) is 6.06. The molecule has 5 heteroatoms. The maximum Gasteiger partial charge on any atom is 0.165 e. The Morgan fingerprint density at radius 1 is 1.17 bits per heavy atom. The van der Waals surface area contributed by atoms with Gasteiger partial charge in [0.1, 0.15) is 5.65 Å². The molecule has 1 fully saturated rings. The third kappa shape index (κ3) is 2.44. The lowest BCUT2D eigenvalue weighted by Gasteiger charge is -2.23. The molecule has 4 rings (SSSR count). The minimum absolute atomic E-state index is 0.0943. The zero-order chi connectivity index (χ0) is 16.7. The molecule has 24 heavy (non-hydrogen) atoms. The number of rotatable bonds is 4. The lowest BCUT2D eigenvalue weighted by Crippen LogP contribution is -3.13. The van der Waals surface area contributed by atoms with E-state index < -0.39 is 0 Å².